The van der Waals surface area contributed by atoms with Crippen molar-refractivity contribution in [3.63, 3.8) is 0 Å². The standard InChI is InChI=1S/C15H16N2O4/c1-10-13(9-16-21-10)14(18)17(2)8-7-11-5-3-4-6-12(11)15(19)20/h3-6,9H,7-8H2,1-2H3,(H,19,20). The number of aromatic carboxylic acids is 1. The molecule has 0 aliphatic heterocycles. The molecule has 0 aliphatic carbocycles. The SMILES string of the molecule is Cc1oncc1C(=O)N(C)CCc1ccccc1C(=O)O. The Balaban J connectivity index is 2.05. The molecule has 6 nitrogen and oxygen atoms in total. The number of carboxylic acids is 1. The quantitative estimate of drug-likeness (QED) is 0.909. The predicted molar refractivity (Wildman–Crippen MR) is 75.3 cm³/mol. The number of amides is 1. The van der Waals surface area contributed by atoms with Gasteiger partial charge < -0.3 is 14.5 Å². The summed E-state index contributed by atoms with van der Waals surface area (Å²) in [5.74, 6) is -0.686. The van der Waals surface area contributed by atoms with Crippen LogP contribution in [0, 0.1) is 6.92 Å². The van der Waals surface area contributed by atoms with Crippen molar-refractivity contribution in [2.45, 2.75) is 13.3 Å². The average molecular weight is 288 g/mol. The molecule has 0 spiro atoms. The number of carbonyl (C=O) groups excluding carboxylic acids is 1. The third-order valence-corrected chi connectivity index (χ3v) is 3.29. The monoisotopic (exact) mass is 288 g/mol. The second-order valence-corrected chi connectivity index (χ2v) is 4.73. The molecule has 0 atom stereocenters. The van der Waals surface area contributed by atoms with Crippen LogP contribution < -0.4 is 0 Å². The summed E-state index contributed by atoms with van der Waals surface area (Å²) in [6, 6.07) is 6.78. The molecule has 0 radical (unpaired) electrons. The van der Waals surface area contributed by atoms with Crippen LogP contribution in [0.5, 0.6) is 0 Å². The van der Waals surface area contributed by atoms with Gasteiger partial charge in [-0.2, -0.15) is 0 Å². The number of aryl methyl sites for hydroxylation is 1. The van der Waals surface area contributed by atoms with Gasteiger partial charge in [-0.1, -0.05) is 23.4 Å². The summed E-state index contributed by atoms with van der Waals surface area (Å²) < 4.78 is 4.87. The Morgan fingerprint density at radius 3 is 2.62 bits per heavy atom. The van der Waals surface area contributed by atoms with Crippen molar-refractivity contribution in [3.05, 3.63) is 52.9 Å². The van der Waals surface area contributed by atoms with E-state index in [1.165, 1.54) is 11.1 Å². The Morgan fingerprint density at radius 2 is 2.00 bits per heavy atom. The summed E-state index contributed by atoms with van der Waals surface area (Å²) in [7, 11) is 1.66. The Labute approximate surface area is 122 Å². The molecule has 0 saturated heterocycles. The van der Waals surface area contributed by atoms with E-state index >= 15 is 0 Å². The molecule has 21 heavy (non-hydrogen) atoms. The van der Waals surface area contributed by atoms with Crippen molar-refractivity contribution in [1.82, 2.24) is 10.1 Å². The highest BCUT2D eigenvalue weighted by Gasteiger charge is 2.18. The number of carboxylic acid groups (broad SMARTS) is 1. The molecular weight excluding hydrogens is 272 g/mol. The van der Waals surface area contributed by atoms with E-state index in [1.54, 1.807) is 38.2 Å². The minimum absolute atomic E-state index is 0.193. The maximum Gasteiger partial charge on any atom is 0.335 e. The van der Waals surface area contributed by atoms with Gasteiger partial charge >= 0.3 is 5.97 Å². The van der Waals surface area contributed by atoms with Crippen molar-refractivity contribution >= 4 is 11.9 Å². The number of hydrogen-bond acceptors (Lipinski definition) is 4. The highest BCUT2D eigenvalue weighted by atomic mass is 16.5. The number of hydrogen-bond donors (Lipinski definition) is 1. The van der Waals surface area contributed by atoms with Crippen LogP contribution in [0.2, 0.25) is 0 Å². The van der Waals surface area contributed by atoms with Gasteiger partial charge in [0, 0.05) is 13.6 Å². The topological polar surface area (TPSA) is 83.6 Å². The third-order valence-electron chi connectivity index (χ3n) is 3.29. The van der Waals surface area contributed by atoms with E-state index in [-0.39, 0.29) is 11.5 Å². The molecular formula is C15H16N2O4. The number of carbonyl (C=O) groups is 2. The van der Waals surface area contributed by atoms with E-state index in [2.05, 4.69) is 5.16 Å². The largest absolute Gasteiger partial charge is 0.478 e. The first kappa shape index (κ1) is 14.8. The summed E-state index contributed by atoms with van der Waals surface area (Å²) in [5, 5.41) is 12.7. The average Bonchev–Trinajstić information content (AvgIpc) is 2.90. The summed E-state index contributed by atoms with van der Waals surface area (Å²) in [6.45, 7) is 2.08. The van der Waals surface area contributed by atoms with Gasteiger partial charge in [0.15, 0.2) is 0 Å². The van der Waals surface area contributed by atoms with Crippen molar-refractivity contribution in [3.8, 4) is 0 Å². The first-order chi connectivity index (χ1) is 10.0. The van der Waals surface area contributed by atoms with Crippen molar-refractivity contribution in [1.29, 1.82) is 0 Å². The molecule has 0 aliphatic rings. The van der Waals surface area contributed by atoms with Crippen LogP contribution in [0.1, 0.15) is 32.0 Å². The summed E-state index contributed by atoms with van der Waals surface area (Å²) in [4.78, 5) is 24.8. The van der Waals surface area contributed by atoms with Gasteiger partial charge in [-0.3, -0.25) is 4.79 Å². The fraction of sp³-hybridized carbons (Fsp3) is 0.267. The van der Waals surface area contributed by atoms with Crippen LogP contribution in [-0.2, 0) is 6.42 Å². The highest BCUT2D eigenvalue weighted by Crippen LogP contribution is 2.12. The number of benzene rings is 1. The van der Waals surface area contributed by atoms with Crippen molar-refractivity contribution in [2.24, 2.45) is 0 Å². The Morgan fingerprint density at radius 1 is 1.29 bits per heavy atom. The fourth-order valence-corrected chi connectivity index (χ4v) is 2.05. The first-order valence-electron chi connectivity index (χ1n) is 6.48. The van der Waals surface area contributed by atoms with Gasteiger partial charge in [-0.05, 0) is 25.0 Å². The van der Waals surface area contributed by atoms with Gasteiger partial charge in [-0.15, -0.1) is 0 Å². The number of likely N-dealkylation sites (N-methyl/N-ethyl adjacent to an activating group) is 1. The normalized spacial score (nSPS) is 10.4. The summed E-state index contributed by atoms with van der Waals surface area (Å²) >= 11 is 0. The molecule has 0 fully saturated rings. The lowest BCUT2D eigenvalue weighted by molar-refractivity contribution is 0.0695. The van der Waals surface area contributed by atoms with Gasteiger partial charge in [0.2, 0.25) is 0 Å². The second-order valence-electron chi connectivity index (χ2n) is 4.73. The zero-order valence-electron chi connectivity index (χ0n) is 11.9. The van der Waals surface area contributed by atoms with E-state index in [0.717, 1.165) is 0 Å². The Kier molecular flexibility index (Phi) is 4.37. The third kappa shape index (κ3) is 3.28. The van der Waals surface area contributed by atoms with Crippen LogP contribution >= 0.6 is 0 Å². The van der Waals surface area contributed by atoms with Crippen LogP contribution in [-0.4, -0.2) is 40.6 Å². The molecule has 1 aromatic heterocycles. The molecule has 1 aromatic carbocycles. The van der Waals surface area contributed by atoms with E-state index in [1.807, 2.05) is 0 Å². The van der Waals surface area contributed by atoms with Crippen molar-refractivity contribution < 1.29 is 19.2 Å². The lowest BCUT2D eigenvalue weighted by Crippen LogP contribution is -2.29. The molecule has 1 N–H and O–H groups in total. The van der Waals surface area contributed by atoms with E-state index < -0.39 is 5.97 Å². The maximum atomic E-state index is 12.2. The molecule has 0 bridgehead atoms. The lowest BCUT2D eigenvalue weighted by Gasteiger charge is -2.17. The molecule has 2 aromatic rings. The Hall–Kier alpha value is -2.63. The molecule has 2 rings (SSSR count). The lowest BCUT2D eigenvalue weighted by atomic mass is 10.0. The fourth-order valence-electron chi connectivity index (χ4n) is 2.05. The van der Waals surface area contributed by atoms with Gasteiger partial charge in [0.05, 0.1) is 11.8 Å². The molecule has 0 saturated carbocycles. The summed E-state index contributed by atoms with van der Waals surface area (Å²) in [6.07, 6.45) is 1.86. The van der Waals surface area contributed by atoms with Crippen LogP contribution in [0.25, 0.3) is 0 Å². The van der Waals surface area contributed by atoms with Crippen LogP contribution in [0.15, 0.2) is 35.0 Å². The minimum Gasteiger partial charge on any atom is -0.478 e. The zero-order chi connectivity index (χ0) is 15.4. The molecule has 1 amide bonds. The second kappa shape index (κ2) is 6.21. The van der Waals surface area contributed by atoms with Crippen LogP contribution in [0.3, 0.4) is 0 Å². The zero-order valence-corrected chi connectivity index (χ0v) is 11.9. The predicted octanol–water partition coefficient (Wildman–Crippen LogP) is 2.00. The number of aromatic nitrogens is 1. The first-order valence-corrected chi connectivity index (χ1v) is 6.48. The van der Waals surface area contributed by atoms with E-state index in [0.29, 0.717) is 29.9 Å². The minimum atomic E-state index is -0.963. The molecule has 110 valence electrons. The van der Waals surface area contributed by atoms with Gasteiger partial charge in [0.25, 0.3) is 5.91 Å². The smallest absolute Gasteiger partial charge is 0.335 e. The van der Waals surface area contributed by atoms with E-state index in [9.17, 15) is 9.59 Å². The molecule has 6 heteroatoms. The van der Waals surface area contributed by atoms with E-state index in [4.69, 9.17) is 9.63 Å². The maximum absolute atomic E-state index is 12.2. The van der Waals surface area contributed by atoms with Gasteiger partial charge in [-0.25, -0.2) is 4.79 Å². The van der Waals surface area contributed by atoms with Crippen LogP contribution in [0.4, 0.5) is 0 Å². The molecule has 1 heterocycles. The number of rotatable bonds is 5. The molecule has 0 unspecified atom stereocenters. The highest BCUT2D eigenvalue weighted by molar-refractivity contribution is 5.94. The Bertz CT molecular complexity index is 663. The summed E-state index contributed by atoms with van der Waals surface area (Å²) in [5.41, 5.74) is 1.38. The van der Waals surface area contributed by atoms with Gasteiger partial charge in [0.1, 0.15) is 11.3 Å². The number of nitrogens with zero attached hydrogens (tertiary/aromatic N) is 2. The van der Waals surface area contributed by atoms with Crippen molar-refractivity contribution in [2.75, 3.05) is 13.6 Å².